The predicted molar refractivity (Wildman–Crippen MR) is 130 cm³/mol. The lowest BCUT2D eigenvalue weighted by molar-refractivity contribution is -0.118. The van der Waals surface area contributed by atoms with Gasteiger partial charge in [-0.2, -0.15) is 0 Å². The summed E-state index contributed by atoms with van der Waals surface area (Å²) in [5.41, 5.74) is 1.66. The third-order valence-electron chi connectivity index (χ3n) is 5.41. The summed E-state index contributed by atoms with van der Waals surface area (Å²) in [4.78, 5) is 15.4. The smallest absolute Gasteiger partial charge is 0.241 e. The van der Waals surface area contributed by atoms with E-state index in [1.165, 1.54) is 12.1 Å². The lowest BCUT2D eigenvalue weighted by atomic mass is 10.0. The molecular formula is C24H34N4O4S. The fourth-order valence-corrected chi connectivity index (χ4v) is 4.96. The minimum Gasteiger partial charge on any atom is -0.379 e. The maximum atomic E-state index is 12.9. The topological polar surface area (TPSA) is 99.8 Å². The van der Waals surface area contributed by atoms with Crippen LogP contribution in [0.1, 0.15) is 32.4 Å². The zero-order chi connectivity index (χ0) is 23.8. The molecule has 3 rings (SSSR count). The highest BCUT2D eigenvalue weighted by Crippen LogP contribution is 2.18. The van der Waals surface area contributed by atoms with E-state index in [1.54, 1.807) is 26.0 Å². The lowest BCUT2D eigenvalue weighted by Gasteiger charge is -2.32. The van der Waals surface area contributed by atoms with Crippen molar-refractivity contribution in [2.24, 2.45) is 0 Å². The molecule has 1 aliphatic rings. The van der Waals surface area contributed by atoms with Crippen LogP contribution < -0.4 is 15.4 Å². The van der Waals surface area contributed by atoms with E-state index in [-0.39, 0.29) is 22.9 Å². The van der Waals surface area contributed by atoms with Gasteiger partial charge in [0.25, 0.3) is 0 Å². The molecule has 8 nitrogen and oxygen atoms in total. The normalized spacial score (nSPS) is 17.0. The van der Waals surface area contributed by atoms with Crippen LogP contribution >= 0.6 is 0 Å². The highest BCUT2D eigenvalue weighted by atomic mass is 32.2. The molecule has 1 aliphatic heterocycles. The summed E-state index contributed by atoms with van der Waals surface area (Å²) >= 11 is 0. The van der Waals surface area contributed by atoms with Gasteiger partial charge in [0.1, 0.15) is 0 Å². The maximum absolute atomic E-state index is 12.9. The Balaban J connectivity index is 1.63. The molecule has 9 heteroatoms. The molecule has 2 unspecified atom stereocenters. The number of hydrogen-bond acceptors (Lipinski definition) is 6. The van der Waals surface area contributed by atoms with Gasteiger partial charge >= 0.3 is 0 Å². The van der Waals surface area contributed by atoms with Crippen LogP contribution in [0, 0.1) is 0 Å². The molecule has 0 aliphatic carbocycles. The Bertz CT molecular complexity index is 991. The number of ether oxygens (including phenoxy) is 1. The van der Waals surface area contributed by atoms with E-state index < -0.39 is 16.1 Å². The first kappa shape index (κ1) is 25.3. The monoisotopic (exact) mass is 474 g/mol. The number of benzene rings is 2. The van der Waals surface area contributed by atoms with Crippen LogP contribution in [0.3, 0.4) is 0 Å². The van der Waals surface area contributed by atoms with Crippen molar-refractivity contribution in [2.75, 3.05) is 38.2 Å². The Morgan fingerprint density at radius 3 is 2.24 bits per heavy atom. The van der Waals surface area contributed by atoms with Crippen molar-refractivity contribution in [3.8, 4) is 0 Å². The van der Waals surface area contributed by atoms with Gasteiger partial charge in [0.05, 0.1) is 24.2 Å². The average molecular weight is 475 g/mol. The van der Waals surface area contributed by atoms with E-state index in [4.69, 9.17) is 4.74 Å². The Kier molecular flexibility index (Phi) is 8.99. The summed E-state index contributed by atoms with van der Waals surface area (Å²) < 4.78 is 32.6. The van der Waals surface area contributed by atoms with Crippen molar-refractivity contribution in [1.82, 2.24) is 14.9 Å². The first-order chi connectivity index (χ1) is 15.7. The van der Waals surface area contributed by atoms with Gasteiger partial charge in [-0.15, -0.1) is 0 Å². The van der Waals surface area contributed by atoms with E-state index >= 15 is 0 Å². The zero-order valence-corrected chi connectivity index (χ0v) is 20.3. The quantitative estimate of drug-likeness (QED) is 0.489. The molecule has 1 fully saturated rings. The second-order valence-electron chi connectivity index (χ2n) is 8.55. The summed E-state index contributed by atoms with van der Waals surface area (Å²) in [6, 6.07) is 15.6. The molecule has 0 spiro atoms. The second-order valence-corrected chi connectivity index (χ2v) is 10.3. The number of carbonyl (C=O) groups excluding carboxylic acids is 1. The van der Waals surface area contributed by atoms with Crippen LogP contribution in [0.2, 0.25) is 0 Å². The fraction of sp³-hybridized carbons (Fsp3) is 0.458. The van der Waals surface area contributed by atoms with Gasteiger partial charge in [-0.25, -0.2) is 13.1 Å². The molecule has 1 heterocycles. The molecule has 2 aromatic rings. The Hall–Kier alpha value is -2.30. The molecule has 1 amide bonds. The van der Waals surface area contributed by atoms with Gasteiger partial charge in [0, 0.05) is 37.4 Å². The Labute approximate surface area is 196 Å². The molecule has 180 valence electrons. The number of carbonyl (C=O) groups is 1. The number of anilines is 1. The van der Waals surface area contributed by atoms with Crippen molar-refractivity contribution in [3.05, 3.63) is 60.2 Å². The molecule has 33 heavy (non-hydrogen) atoms. The standard InChI is InChI=1S/C24H34N4O4S/c1-18(2)27-33(30,31)22-11-9-21(10-12-22)26-24(29)19(3)25-23(20-7-5-4-6-8-20)17-28-13-15-32-16-14-28/h4-12,18-19,23,25,27H,13-17H2,1-3H3,(H,26,29). The summed E-state index contributed by atoms with van der Waals surface area (Å²) in [5, 5.41) is 6.33. The molecule has 3 N–H and O–H groups in total. The number of hydrogen-bond donors (Lipinski definition) is 3. The third kappa shape index (κ3) is 7.62. The Morgan fingerprint density at radius 2 is 1.64 bits per heavy atom. The third-order valence-corrected chi connectivity index (χ3v) is 7.09. The van der Waals surface area contributed by atoms with Gasteiger partial charge in [-0.05, 0) is 50.6 Å². The van der Waals surface area contributed by atoms with Gasteiger partial charge in [-0.1, -0.05) is 30.3 Å². The second kappa shape index (κ2) is 11.7. The highest BCUT2D eigenvalue weighted by molar-refractivity contribution is 7.89. The first-order valence-electron chi connectivity index (χ1n) is 11.3. The number of morpholine rings is 1. The molecule has 1 saturated heterocycles. The van der Waals surface area contributed by atoms with E-state index in [2.05, 4.69) is 32.4 Å². The molecular weight excluding hydrogens is 440 g/mol. The molecule has 2 atom stereocenters. The van der Waals surface area contributed by atoms with Gasteiger partial charge in [0.15, 0.2) is 0 Å². The summed E-state index contributed by atoms with van der Waals surface area (Å²) in [6.45, 7) is 9.31. The van der Waals surface area contributed by atoms with Crippen LogP contribution in [0.4, 0.5) is 5.69 Å². The molecule has 0 saturated carbocycles. The summed E-state index contributed by atoms with van der Waals surface area (Å²) in [5.74, 6) is -0.186. The molecule has 0 bridgehead atoms. The number of sulfonamides is 1. The number of amides is 1. The van der Waals surface area contributed by atoms with E-state index in [9.17, 15) is 13.2 Å². The van der Waals surface area contributed by atoms with Crippen molar-refractivity contribution in [1.29, 1.82) is 0 Å². The zero-order valence-electron chi connectivity index (χ0n) is 19.5. The maximum Gasteiger partial charge on any atom is 0.241 e. The van der Waals surface area contributed by atoms with Crippen LogP contribution in [0.15, 0.2) is 59.5 Å². The minimum absolute atomic E-state index is 0.0142. The minimum atomic E-state index is -3.57. The predicted octanol–water partition coefficient (Wildman–Crippen LogP) is 2.36. The first-order valence-corrected chi connectivity index (χ1v) is 12.8. The fourth-order valence-electron chi connectivity index (χ4n) is 3.71. The van der Waals surface area contributed by atoms with E-state index in [0.717, 1.165) is 38.4 Å². The van der Waals surface area contributed by atoms with Crippen molar-refractivity contribution in [2.45, 2.75) is 43.8 Å². The van der Waals surface area contributed by atoms with E-state index in [0.29, 0.717) is 5.69 Å². The summed E-state index contributed by atoms with van der Waals surface area (Å²) in [6.07, 6.45) is 0. The summed E-state index contributed by atoms with van der Waals surface area (Å²) in [7, 11) is -3.57. The molecule has 0 radical (unpaired) electrons. The van der Waals surface area contributed by atoms with Crippen LogP contribution in [0.25, 0.3) is 0 Å². The highest BCUT2D eigenvalue weighted by Gasteiger charge is 2.23. The van der Waals surface area contributed by atoms with Gasteiger partial charge < -0.3 is 10.1 Å². The van der Waals surface area contributed by atoms with E-state index in [1.807, 2.05) is 25.1 Å². The number of rotatable bonds is 10. The SMILES string of the molecule is CC(C)NS(=O)(=O)c1ccc(NC(=O)C(C)NC(CN2CCOCC2)c2ccccc2)cc1. The van der Waals surface area contributed by atoms with Gasteiger partial charge in [0.2, 0.25) is 15.9 Å². The van der Waals surface area contributed by atoms with Crippen molar-refractivity contribution < 1.29 is 17.9 Å². The lowest BCUT2D eigenvalue weighted by Crippen LogP contribution is -2.46. The Morgan fingerprint density at radius 1 is 1.00 bits per heavy atom. The van der Waals surface area contributed by atoms with Crippen LogP contribution in [0.5, 0.6) is 0 Å². The van der Waals surface area contributed by atoms with Crippen LogP contribution in [-0.2, 0) is 19.6 Å². The van der Waals surface area contributed by atoms with Crippen molar-refractivity contribution in [3.63, 3.8) is 0 Å². The number of nitrogens with one attached hydrogen (secondary N) is 3. The molecule has 2 aromatic carbocycles. The molecule has 0 aromatic heterocycles. The largest absolute Gasteiger partial charge is 0.379 e. The van der Waals surface area contributed by atoms with Gasteiger partial charge in [-0.3, -0.25) is 15.0 Å². The number of nitrogens with zero attached hydrogens (tertiary/aromatic N) is 1. The van der Waals surface area contributed by atoms with Crippen molar-refractivity contribution >= 4 is 21.6 Å². The average Bonchev–Trinajstić information content (AvgIpc) is 2.79. The van der Waals surface area contributed by atoms with Crippen LogP contribution in [-0.4, -0.2) is 64.2 Å².